The number of hydrogen-bond donors (Lipinski definition) is 2. The van der Waals surface area contributed by atoms with Crippen molar-refractivity contribution in [1.29, 1.82) is 0 Å². The molecular weight excluding hydrogens is 152 g/mol. The molecule has 3 heteroatoms. The van der Waals surface area contributed by atoms with Crippen LogP contribution < -0.4 is 10.6 Å². The maximum Gasteiger partial charge on any atom is 0.116 e. The maximum atomic E-state index is 5.66. The molecule has 2 N–H and O–H groups in total. The van der Waals surface area contributed by atoms with Crippen molar-refractivity contribution in [2.24, 2.45) is 5.92 Å². The minimum atomic E-state index is -0.0311. The zero-order chi connectivity index (χ0) is 8.44. The molecule has 0 aromatic rings. The molecule has 0 radical (unpaired) electrons. The third-order valence-corrected chi connectivity index (χ3v) is 2.86. The summed E-state index contributed by atoms with van der Waals surface area (Å²) in [5.41, 5.74) is -0.0311. The Kier molecular flexibility index (Phi) is 2.35. The van der Waals surface area contributed by atoms with E-state index in [0.717, 1.165) is 25.5 Å². The van der Waals surface area contributed by atoms with Gasteiger partial charge in [0.15, 0.2) is 0 Å². The van der Waals surface area contributed by atoms with Gasteiger partial charge in [-0.15, -0.1) is 0 Å². The molecule has 0 bridgehead atoms. The Morgan fingerprint density at radius 3 is 3.00 bits per heavy atom. The van der Waals surface area contributed by atoms with Crippen LogP contribution >= 0.6 is 0 Å². The van der Waals surface area contributed by atoms with Crippen molar-refractivity contribution in [3.8, 4) is 0 Å². The van der Waals surface area contributed by atoms with Gasteiger partial charge < -0.3 is 10.1 Å². The molecule has 0 aromatic carbocycles. The van der Waals surface area contributed by atoms with Crippen LogP contribution in [-0.2, 0) is 4.74 Å². The molecule has 0 amide bonds. The average Bonchev–Trinajstić information content (AvgIpc) is 2.62. The van der Waals surface area contributed by atoms with E-state index in [1.54, 1.807) is 0 Å². The molecule has 2 unspecified atom stereocenters. The van der Waals surface area contributed by atoms with Crippen LogP contribution in [0.1, 0.15) is 19.8 Å². The number of ether oxygens (including phenoxy) is 1. The van der Waals surface area contributed by atoms with Crippen molar-refractivity contribution >= 4 is 0 Å². The van der Waals surface area contributed by atoms with Crippen molar-refractivity contribution < 1.29 is 4.74 Å². The molecule has 0 aromatic heterocycles. The second kappa shape index (κ2) is 3.32. The van der Waals surface area contributed by atoms with Crippen LogP contribution in [0.3, 0.4) is 0 Å². The highest BCUT2D eigenvalue weighted by Crippen LogP contribution is 2.24. The number of rotatable bonds is 2. The van der Waals surface area contributed by atoms with Crippen molar-refractivity contribution in [2.75, 3.05) is 26.2 Å². The maximum absolute atomic E-state index is 5.66. The predicted molar refractivity (Wildman–Crippen MR) is 48.0 cm³/mol. The molecule has 2 atom stereocenters. The minimum Gasteiger partial charge on any atom is -0.360 e. The molecule has 2 rings (SSSR count). The molecular formula is C9H18N2O. The number of nitrogens with one attached hydrogen (secondary N) is 2. The zero-order valence-corrected chi connectivity index (χ0v) is 7.73. The highest BCUT2D eigenvalue weighted by Gasteiger charge is 2.32. The van der Waals surface area contributed by atoms with Gasteiger partial charge in [-0.3, -0.25) is 5.32 Å². The molecule has 70 valence electrons. The van der Waals surface area contributed by atoms with Crippen LogP contribution in [0.4, 0.5) is 0 Å². The first-order valence-corrected chi connectivity index (χ1v) is 4.88. The summed E-state index contributed by atoms with van der Waals surface area (Å²) in [5, 5.41) is 6.79. The van der Waals surface area contributed by atoms with Crippen molar-refractivity contribution in [2.45, 2.75) is 25.5 Å². The predicted octanol–water partition coefficient (Wildman–Crippen LogP) is 0.322. The molecule has 12 heavy (non-hydrogen) atoms. The summed E-state index contributed by atoms with van der Waals surface area (Å²) >= 11 is 0. The summed E-state index contributed by atoms with van der Waals surface area (Å²) in [4.78, 5) is 0. The van der Waals surface area contributed by atoms with Crippen molar-refractivity contribution in [3.05, 3.63) is 0 Å². The van der Waals surface area contributed by atoms with Crippen LogP contribution in [0.5, 0.6) is 0 Å². The molecule has 0 saturated carbocycles. The zero-order valence-electron chi connectivity index (χ0n) is 7.73. The molecule has 0 aliphatic carbocycles. The Hall–Kier alpha value is -0.120. The lowest BCUT2D eigenvalue weighted by molar-refractivity contribution is -0.0115. The molecule has 2 fully saturated rings. The van der Waals surface area contributed by atoms with Gasteiger partial charge in [0.2, 0.25) is 0 Å². The van der Waals surface area contributed by atoms with E-state index in [0.29, 0.717) is 0 Å². The van der Waals surface area contributed by atoms with Gasteiger partial charge in [0.05, 0.1) is 6.61 Å². The quantitative estimate of drug-likeness (QED) is 0.626. The van der Waals surface area contributed by atoms with Crippen molar-refractivity contribution in [1.82, 2.24) is 10.6 Å². The van der Waals surface area contributed by atoms with E-state index < -0.39 is 0 Å². The van der Waals surface area contributed by atoms with Crippen molar-refractivity contribution in [3.63, 3.8) is 0 Å². The van der Waals surface area contributed by atoms with Gasteiger partial charge in [-0.1, -0.05) is 0 Å². The summed E-state index contributed by atoms with van der Waals surface area (Å²) in [5.74, 6) is 0.806. The van der Waals surface area contributed by atoms with E-state index in [2.05, 4.69) is 17.6 Å². The Labute approximate surface area is 73.9 Å². The molecule has 0 spiro atoms. The lowest BCUT2D eigenvalue weighted by atomic mass is 9.98. The summed E-state index contributed by atoms with van der Waals surface area (Å²) in [7, 11) is 0. The van der Waals surface area contributed by atoms with Gasteiger partial charge >= 0.3 is 0 Å². The van der Waals surface area contributed by atoms with Gasteiger partial charge in [0.25, 0.3) is 0 Å². The largest absolute Gasteiger partial charge is 0.360 e. The first-order valence-electron chi connectivity index (χ1n) is 4.88. The lowest BCUT2D eigenvalue weighted by Gasteiger charge is -2.26. The van der Waals surface area contributed by atoms with Crippen LogP contribution in [0.2, 0.25) is 0 Å². The SMILES string of the molecule is CC1(CC2CCNC2)NCCO1. The second-order valence-electron chi connectivity index (χ2n) is 4.07. The normalized spacial score (nSPS) is 42.2. The molecule has 3 nitrogen and oxygen atoms in total. The summed E-state index contributed by atoms with van der Waals surface area (Å²) in [6.45, 7) is 6.40. The Bertz CT molecular complexity index is 149. The van der Waals surface area contributed by atoms with Gasteiger partial charge in [-0.05, 0) is 38.8 Å². The fraction of sp³-hybridized carbons (Fsp3) is 1.00. The summed E-state index contributed by atoms with van der Waals surface area (Å²) in [6.07, 6.45) is 2.46. The monoisotopic (exact) mass is 170 g/mol. The average molecular weight is 170 g/mol. The number of hydrogen-bond acceptors (Lipinski definition) is 3. The third-order valence-electron chi connectivity index (χ3n) is 2.86. The Morgan fingerprint density at radius 1 is 1.50 bits per heavy atom. The molecule has 2 aliphatic rings. The fourth-order valence-electron chi connectivity index (χ4n) is 2.21. The van der Waals surface area contributed by atoms with Gasteiger partial charge in [-0.2, -0.15) is 0 Å². The standard InChI is InChI=1S/C9H18N2O/c1-9(11-4-5-12-9)6-8-2-3-10-7-8/h8,10-11H,2-7H2,1H3. The van der Waals surface area contributed by atoms with Crippen LogP contribution in [-0.4, -0.2) is 32.0 Å². The van der Waals surface area contributed by atoms with Crippen LogP contribution in [0.25, 0.3) is 0 Å². The van der Waals surface area contributed by atoms with E-state index in [1.807, 2.05) is 0 Å². The summed E-state index contributed by atoms with van der Waals surface area (Å²) in [6, 6.07) is 0. The smallest absolute Gasteiger partial charge is 0.116 e. The van der Waals surface area contributed by atoms with Crippen LogP contribution in [0, 0.1) is 5.92 Å². The van der Waals surface area contributed by atoms with E-state index in [4.69, 9.17) is 4.74 Å². The Morgan fingerprint density at radius 2 is 2.42 bits per heavy atom. The van der Waals surface area contributed by atoms with Gasteiger partial charge in [-0.25, -0.2) is 0 Å². The first-order chi connectivity index (χ1) is 5.79. The van der Waals surface area contributed by atoms with Gasteiger partial charge in [0, 0.05) is 6.54 Å². The first kappa shape index (κ1) is 8.48. The molecule has 2 aliphatic heterocycles. The van der Waals surface area contributed by atoms with E-state index >= 15 is 0 Å². The molecule has 2 heterocycles. The Balaban J connectivity index is 1.83. The topological polar surface area (TPSA) is 33.3 Å². The third kappa shape index (κ3) is 1.79. The van der Waals surface area contributed by atoms with E-state index in [1.165, 1.54) is 19.5 Å². The molecule has 2 saturated heterocycles. The van der Waals surface area contributed by atoms with Gasteiger partial charge in [0.1, 0.15) is 5.72 Å². The summed E-state index contributed by atoms with van der Waals surface area (Å²) < 4.78 is 5.66. The second-order valence-corrected chi connectivity index (χ2v) is 4.07. The highest BCUT2D eigenvalue weighted by atomic mass is 16.5. The van der Waals surface area contributed by atoms with E-state index in [9.17, 15) is 0 Å². The lowest BCUT2D eigenvalue weighted by Crippen LogP contribution is -2.39. The van der Waals surface area contributed by atoms with Crippen LogP contribution in [0.15, 0.2) is 0 Å². The van der Waals surface area contributed by atoms with E-state index in [-0.39, 0.29) is 5.72 Å². The highest BCUT2D eigenvalue weighted by molar-refractivity contribution is 4.84. The minimum absolute atomic E-state index is 0.0311. The fourth-order valence-corrected chi connectivity index (χ4v) is 2.21.